The van der Waals surface area contributed by atoms with E-state index in [2.05, 4.69) is 6.92 Å². The molecule has 2 rings (SSSR count). The van der Waals surface area contributed by atoms with Crippen LogP contribution in [-0.2, 0) is 33.2 Å². The van der Waals surface area contributed by atoms with Crippen molar-refractivity contribution < 1.29 is 38.3 Å². The van der Waals surface area contributed by atoms with E-state index >= 15 is 0 Å². The van der Waals surface area contributed by atoms with Gasteiger partial charge in [-0.05, 0) is 13.3 Å². The van der Waals surface area contributed by atoms with Crippen LogP contribution in [0.3, 0.4) is 0 Å². The summed E-state index contributed by atoms with van der Waals surface area (Å²) in [6.07, 6.45) is -1.91. The lowest BCUT2D eigenvalue weighted by atomic mass is 9.80. The normalized spacial score (nSPS) is 46.3. The van der Waals surface area contributed by atoms with Gasteiger partial charge in [0, 0.05) is 47.4 Å². The lowest BCUT2D eigenvalue weighted by Crippen LogP contribution is -2.60. The van der Waals surface area contributed by atoms with Crippen molar-refractivity contribution in [2.24, 2.45) is 11.8 Å². The molecule has 0 bridgehead atoms. The molecule has 0 aliphatic carbocycles. The van der Waals surface area contributed by atoms with Crippen molar-refractivity contribution in [3.05, 3.63) is 0 Å². The van der Waals surface area contributed by atoms with Crippen molar-refractivity contribution >= 4 is 0 Å². The fourth-order valence-electron chi connectivity index (χ4n) is 4.53. The number of methoxy groups -OCH3 is 5. The van der Waals surface area contributed by atoms with Gasteiger partial charge in [0.15, 0.2) is 6.29 Å². The largest absolute Gasteiger partial charge is 0.382 e. The fraction of sp³-hybridized carbons (Fsp3) is 1.00. The number of aliphatic hydroxyl groups is 1. The van der Waals surface area contributed by atoms with Gasteiger partial charge >= 0.3 is 0 Å². The predicted molar refractivity (Wildman–Crippen MR) is 97.5 cm³/mol. The van der Waals surface area contributed by atoms with E-state index in [1.165, 1.54) is 0 Å². The van der Waals surface area contributed by atoms with Gasteiger partial charge in [-0.1, -0.05) is 6.92 Å². The van der Waals surface area contributed by atoms with Crippen LogP contribution in [0.5, 0.6) is 0 Å². The topological polar surface area (TPSA) is 84.8 Å². The first-order chi connectivity index (χ1) is 13.5. The molecule has 0 saturated carbocycles. The average molecular weight is 394 g/mol. The van der Waals surface area contributed by atoms with Crippen LogP contribution in [0.15, 0.2) is 0 Å². The van der Waals surface area contributed by atoms with Gasteiger partial charge < -0.3 is 38.3 Å². The Morgan fingerprint density at radius 3 is 1.96 bits per heavy atom. The highest BCUT2D eigenvalue weighted by Crippen LogP contribution is 2.37. The zero-order valence-corrected chi connectivity index (χ0v) is 17.5. The molecule has 2 aliphatic rings. The number of ether oxygens (including phenoxy) is 7. The van der Waals surface area contributed by atoms with Gasteiger partial charge in [0.1, 0.15) is 12.2 Å². The molecule has 8 heteroatoms. The zero-order valence-electron chi connectivity index (χ0n) is 18.5. The smallest absolute Gasteiger partial charge is 0.213 e. The molecule has 2 aliphatic heterocycles. The molecule has 2 saturated heterocycles. The Kier molecular flexibility index (Phi) is 8.28. The van der Waals surface area contributed by atoms with Crippen molar-refractivity contribution in [2.45, 2.75) is 69.3 Å². The van der Waals surface area contributed by atoms with Crippen LogP contribution in [0.1, 0.15) is 20.3 Å². The number of rotatable bonds is 9. The molecule has 0 amide bonds. The van der Waals surface area contributed by atoms with E-state index in [1.54, 1.807) is 35.5 Å². The van der Waals surface area contributed by atoms with Gasteiger partial charge in [0.25, 0.3) is 0 Å². The summed E-state index contributed by atoms with van der Waals surface area (Å²) in [5, 5.41) is 4.71. The highest BCUT2D eigenvalue weighted by molar-refractivity contribution is 4.97. The molecule has 0 aromatic heterocycles. The average Bonchev–Trinajstić information content (AvgIpc) is 2.70. The summed E-state index contributed by atoms with van der Waals surface area (Å²) >= 11 is 0. The molecular weight excluding hydrogens is 356 g/mol. The first-order valence-electron chi connectivity index (χ1n) is 9.91. The summed E-state index contributed by atoms with van der Waals surface area (Å²) < 4.78 is 47.7. The molecule has 2 heterocycles. The minimum Gasteiger partial charge on any atom is -0.382 e. The molecule has 0 aromatic carbocycles. The molecule has 1 N–H and O–H groups in total. The van der Waals surface area contributed by atoms with E-state index in [0.29, 0.717) is 13.0 Å². The van der Waals surface area contributed by atoms with E-state index in [1.807, 2.05) is 6.92 Å². The van der Waals surface area contributed by atoms with Crippen molar-refractivity contribution in [1.82, 2.24) is 0 Å². The maximum atomic E-state index is 7.28. The van der Waals surface area contributed by atoms with Gasteiger partial charge in [0.2, 0.25) is 1.43 Å². The quantitative estimate of drug-likeness (QED) is 0.616. The maximum Gasteiger partial charge on any atom is 0.213 e. The van der Waals surface area contributed by atoms with E-state index in [-0.39, 0.29) is 48.5 Å². The van der Waals surface area contributed by atoms with Crippen molar-refractivity contribution in [2.75, 3.05) is 42.2 Å². The summed E-state index contributed by atoms with van der Waals surface area (Å²) in [4.78, 5) is 0. The molecule has 0 aromatic rings. The molecule has 10 atom stereocenters. The van der Waals surface area contributed by atoms with Gasteiger partial charge in [-0.3, -0.25) is 0 Å². The lowest BCUT2D eigenvalue weighted by Gasteiger charge is -2.48. The van der Waals surface area contributed by atoms with Crippen LogP contribution in [-0.4, -0.2) is 97.7 Å². The van der Waals surface area contributed by atoms with Gasteiger partial charge in [-0.25, -0.2) is 0 Å². The first-order valence-corrected chi connectivity index (χ1v) is 9.50. The van der Waals surface area contributed by atoms with Gasteiger partial charge in [-0.15, -0.1) is 0 Å². The molecule has 2 fully saturated rings. The monoisotopic (exact) mass is 394 g/mol. The molecule has 8 nitrogen and oxygen atoms in total. The van der Waals surface area contributed by atoms with Crippen LogP contribution in [0, 0.1) is 11.8 Å². The third-order valence-electron chi connectivity index (χ3n) is 6.03. The van der Waals surface area contributed by atoms with Crippen LogP contribution < -0.4 is 0 Å². The predicted octanol–water partition coefficient (Wildman–Crippen LogP) is 0.840. The summed E-state index contributed by atoms with van der Waals surface area (Å²) in [7, 11) is 8.22. The summed E-state index contributed by atoms with van der Waals surface area (Å²) in [6.45, 7) is 4.51. The fourth-order valence-corrected chi connectivity index (χ4v) is 4.53. The Balaban J connectivity index is 2.23. The second-order valence-corrected chi connectivity index (χ2v) is 7.44. The first kappa shape index (κ1) is 21.4. The van der Waals surface area contributed by atoms with Crippen LogP contribution >= 0.6 is 0 Å². The van der Waals surface area contributed by atoms with Crippen LogP contribution in [0.25, 0.3) is 0 Å². The van der Waals surface area contributed by atoms with E-state index in [4.69, 9.17) is 39.7 Å². The Labute approximate surface area is 163 Å². The van der Waals surface area contributed by atoms with Crippen molar-refractivity contribution in [3.63, 3.8) is 0 Å². The number of hydrogen-bond donors (Lipinski definition) is 1. The van der Waals surface area contributed by atoms with Crippen molar-refractivity contribution in [3.8, 4) is 0 Å². The van der Waals surface area contributed by atoms with E-state index in [9.17, 15) is 0 Å². The number of aliphatic hydroxyl groups excluding tert-OH is 1. The van der Waals surface area contributed by atoms with Crippen LogP contribution in [0.2, 0.25) is 0 Å². The molecule has 0 spiro atoms. The Morgan fingerprint density at radius 2 is 1.44 bits per heavy atom. The lowest BCUT2D eigenvalue weighted by molar-refractivity contribution is -0.286. The third kappa shape index (κ3) is 4.82. The molecule has 27 heavy (non-hydrogen) atoms. The number of hydrogen-bond acceptors (Lipinski definition) is 8. The standard InChI is InChI=1S/C19H36O8/c1-10-14(9-21-3)27-13(17(24-6)15(10)22-4)8-12-11(2)26-19(20)18(25-7)16(12)23-5/h10-20H,8-9H2,1-7H3/t10-,11?,12-,13-,14?,15?,16?,17?,18?,19+/m1/s1/i20T. The molecule has 6 unspecified atom stereocenters. The molecule has 0 radical (unpaired) electrons. The van der Waals surface area contributed by atoms with Gasteiger partial charge in [0.05, 0.1) is 37.1 Å². The SMILES string of the molecule is [3H]O[C@H]1OC(C)[C@@H](C[C@H]2OC(COC)[C@@H](C)C(OC)C2OC)C(OC)C1OC. The Hall–Kier alpha value is -0.320. The minimum atomic E-state index is -0.806. The molecule has 160 valence electrons. The summed E-state index contributed by atoms with van der Waals surface area (Å²) in [6, 6.07) is 0. The van der Waals surface area contributed by atoms with Gasteiger partial charge in [-0.2, -0.15) is 0 Å². The second-order valence-electron chi connectivity index (χ2n) is 7.44. The zero-order chi connectivity index (χ0) is 20.8. The van der Waals surface area contributed by atoms with Crippen molar-refractivity contribution in [1.29, 1.82) is 1.43 Å². The Bertz CT molecular complexity index is 456. The highest BCUT2D eigenvalue weighted by Gasteiger charge is 2.49. The minimum absolute atomic E-state index is 0.0434. The van der Waals surface area contributed by atoms with Crippen LogP contribution in [0.4, 0.5) is 0 Å². The maximum absolute atomic E-state index is 7.28. The Morgan fingerprint density at radius 1 is 0.815 bits per heavy atom. The molecular formula is C19H36O8. The highest BCUT2D eigenvalue weighted by atomic mass is 16.7. The summed E-state index contributed by atoms with van der Waals surface area (Å²) in [5.41, 5.74) is 0. The van der Waals surface area contributed by atoms with E-state index in [0.717, 1.165) is 0 Å². The second kappa shape index (κ2) is 10.5. The van der Waals surface area contributed by atoms with E-state index < -0.39 is 12.4 Å². The summed E-state index contributed by atoms with van der Waals surface area (Å²) in [5.74, 6) is 0.0790. The third-order valence-corrected chi connectivity index (χ3v) is 6.03.